The Kier molecular flexibility index (Phi) is 13.0. The molecule has 25 heavy (non-hydrogen) atoms. The van der Waals surface area contributed by atoms with Gasteiger partial charge in [0.05, 0.1) is 9.80 Å². The third-order valence-corrected chi connectivity index (χ3v) is 5.09. The first-order chi connectivity index (χ1) is 11.7. The molecular weight excluding hydrogens is 338 g/mol. The van der Waals surface area contributed by atoms with Gasteiger partial charge in [0.15, 0.2) is 0 Å². The number of carbonyl (C=O) groups is 1. The highest BCUT2D eigenvalue weighted by molar-refractivity contribution is 7.95. The Hall–Kier alpha value is -0.750. The Labute approximate surface area is 155 Å². The van der Waals surface area contributed by atoms with Gasteiger partial charge in [-0.2, -0.15) is 0 Å². The van der Waals surface area contributed by atoms with Gasteiger partial charge in [-0.05, 0) is 39.0 Å². The van der Waals surface area contributed by atoms with Crippen LogP contribution in [0.5, 0.6) is 0 Å². The monoisotopic (exact) mass is 377 g/mol. The molecule has 0 saturated heterocycles. The second-order valence-electron chi connectivity index (χ2n) is 7.48. The molecule has 0 aromatic carbocycles. The van der Waals surface area contributed by atoms with Crippen LogP contribution in [0.15, 0.2) is 0 Å². The second-order valence-corrected chi connectivity index (χ2v) is 9.44. The summed E-state index contributed by atoms with van der Waals surface area (Å²) in [6, 6.07) is 0. The quantitative estimate of drug-likeness (QED) is 0.311. The van der Waals surface area contributed by atoms with E-state index in [2.05, 4.69) is 18.1 Å². The van der Waals surface area contributed by atoms with E-state index in [1.165, 1.54) is 51.4 Å². The standard InChI is InChI=1S/C19H39NO4S/c1-5-6-7-8-9-10-11-12-13-15-19(2,3)24-18(21)20-16-14-17-25(4,22)23/h4-17H2,1-3H3,(H,20,21)(H,22,23). The largest absolute Gasteiger partial charge is 0.444 e. The first kappa shape index (κ1) is 24.2. The van der Waals surface area contributed by atoms with Gasteiger partial charge in [0.25, 0.3) is 0 Å². The summed E-state index contributed by atoms with van der Waals surface area (Å²) in [5, 5.41) is 2.62. The van der Waals surface area contributed by atoms with E-state index in [-0.39, 0.29) is 5.75 Å². The van der Waals surface area contributed by atoms with Crippen LogP contribution in [0.3, 0.4) is 0 Å². The van der Waals surface area contributed by atoms with E-state index in [9.17, 15) is 9.00 Å². The summed E-state index contributed by atoms with van der Waals surface area (Å²) < 4.78 is 25.5. The zero-order chi connectivity index (χ0) is 19.2. The van der Waals surface area contributed by atoms with E-state index < -0.39 is 21.5 Å². The highest BCUT2D eigenvalue weighted by atomic mass is 32.2. The van der Waals surface area contributed by atoms with Crippen LogP contribution in [0.25, 0.3) is 0 Å². The molecule has 0 rings (SSSR count). The fraction of sp³-hybridized carbons (Fsp3) is 0.895. The maximum absolute atomic E-state index is 11.8. The number of hydrogen-bond acceptors (Lipinski definition) is 3. The maximum atomic E-state index is 11.8. The number of rotatable bonds is 15. The summed E-state index contributed by atoms with van der Waals surface area (Å²) >= 11 is 0. The lowest BCUT2D eigenvalue weighted by Gasteiger charge is -2.25. The maximum Gasteiger partial charge on any atom is 0.407 e. The normalized spacial score (nSPS) is 14.1. The molecule has 0 aliphatic rings. The van der Waals surface area contributed by atoms with Gasteiger partial charge in [0.2, 0.25) is 0 Å². The van der Waals surface area contributed by atoms with Crippen LogP contribution in [0.2, 0.25) is 0 Å². The van der Waals surface area contributed by atoms with Crippen LogP contribution in [-0.2, 0) is 14.5 Å². The van der Waals surface area contributed by atoms with Gasteiger partial charge in [0.1, 0.15) is 5.60 Å². The van der Waals surface area contributed by atoms with Crippen molar-refractivity contribution in [3.8, 4) is 0 Å². The molecule has 0 aromatic heterocycles. The van der Waals surface area contributed by atoms with E-state index in [1.807, 2.05) is 13.8 Å². The minimum atomic E-state index is -2.98. The molecule has 1 unspecified atom stereocenters. The van der Waals surface area contributed by atoms with Crippen molar-refractivity contribution >= 4 is 21.8 Å². The number of alkyl carbamates (subject to hydrolysis) is 1. The van der Waals surface area contributed by atoms with Crippen LogP contribution in [-0.4, -0.2) is 38.6 Å². The van der Waals surface area contributed by atoms with Crippen LogP contribution in [0.1, 0.15) is 91.4 Å². The molecular formula is C19H39NO4S. The molecule has 2 N–H and O–H groups in total. The molecule has 1 amide bonds. The molecule has 0 aliphatic carbocycles. The van der Waals surface area contributed by atoms with Gasteiger partial charge in [-0.25, -0.2) is 9.00 Å². The molecule has 5 nitrogen and oxygen atoms in total. The van der Waals surface area contributed by atoms with Gasteiger partial charge >= 0.3 is 6.09 Å². The molecule has 0 fully saturated rings. The fourth-order valence-electron chi connectivity index (χ4n) is 2.69. The summed E-state index contributed by atoms with van der Waals surface area (Å²) in [4.78, 5) is 11.8. The third kappa shape index (κ3) is 17.9. The van der Waals surface area contributed by atoms with Crippen LogP contribution < -0.4 is 5.32 Å². The molecule has 1 atom stereocenters. The van der Waals surface area contributed by atoms with Crippen molar-refractivity contribution in [2.45, 2.75) is 97.0 Å². The van der Waals surface area contributed by atoms with E-state index in [0.717, 1.165) is 12.8 Å². The Balaban J connectivity index is 3.67. The van der Waals surface area contributed by atoms with Gasteiger partial charge in [-0.3, -0.25) is 0 Å². The highest BCUT2D eigenvalue weighted by Crippen LogP contribution is 2.20. The number of unbranched alkanes of at least 4 members (excludes halogenated alkanes) is 8. The van der Waals surface area contributed by atoms with E-state index in [1.54, 1.807) is 0 Å². The average Bonchev–Trinajstić information content (AvgIpc) is 2.48. The molecule has 0 saturated carbocycles. The van der Waals surface area contributed by atoms with Crippen LogP contribution in [0.4, 0.5) is 4.79 Å². The summed E-state index contributed by atoms with van der Waals surface area (Å²) in [5.41, 5.74) is -0.484. The van der Waals surface area contributed by atoms with Crippen molar-refractivity contribution in [2.24, 2.45) is 0 Å². The van der Waals surface area contributed by atoms with Crippen molar-refractivity contribution in [2.75, 3.05) is 12.3 Å². The van der Waals surface area contributed by atoms with Gasteiger partial charge < -0.3 is 14.6 Å². The fourth-order valence-corrected chi connectivity index (χ4v) is 3.28. The molecule has 0 heterocycles. The lowest BCUT2D eigenvalue weighted by Crippen LogP contribution is -2.35. The first-order valence-corrected chi connectivity index (χ1v) is 11.6. The predicted molar refractivity (Wildman–Crippen MR) is 108 cm³/mol. The van der Waals surface area contributed by atoms with Gasteiger partial charge in [-0.15, -0.1) is 0 Å². The third-order valence-electron chi connectivity index (χ3n) is 4.16. The van der Waals surface area contributed by atoms with E-state index >= 15 is 0 Å². The lowest BCUT2D eigenvalue weighted by atomic mass is 9.99. The summed E-state index contributed by atoms with van der Waals surface area (Å²) in [6.07, 6.45) is 12.3. The number of carbonyl (C=O) groups excluding carboxylic acids is 1. The van der Waals surface area contributed by atoms with E-state index in [0.29, 0.717) is 13.0 Å². The topological polar surface area (TPSA) is 75.6 Å². The Morgan fingerprint density at radius 3 is 2.08 bits per heavy atom. The van der Waals surface area contributed by atoms with Crippen LogP contribution in [0, 0.1) is 0 Å². The van der Waals surface area contributed by atoms with Crippen molar-refractivity contribution in [1.82, 2.24) is 5.32 Å². The zero-order valence-electron chi connectivity index (χ0n) is 16.5. The number of amides is 1. The molecule has 0 bridgehead atoms. The minimum Gasteiger partial charge on any atom is -0.444 e. The molecule has 150 valence electrons. The molecule has 6 heteroatoms. The number of hydrogen-bond donors (Lipinski definition) is 2. The lowest BCUT2D eigenvalue weighted by molar-refractivity contribution is 0.0309. The number of ether oxygens (including phenoxy) is 1. The Bertz CT molecular complexity index is 446. The van der Waals surface area contributed by atoms with Crippen molar-refractivity contribution in [1.29, 1.82) is 0 Å². The summed E-state index contributed by atoms with van der Waals surface area (Å²) in [6.45, 7) is 6.40. The summed E-state index contributed by atoms with van der Waals surface area (Å²) in [7, 11) is -2.98. The Morgan fingerprint density at radius 1 is 1.04 bits per heavy atom. The first-order valence-electron chi connectivity index (χ1n) is 9.70. The smallest absolute Gasteiger partial charge is 0.407 e. The minimum absolute atomic E-state index is 0.0785. The highest BCUT2D eigenvalue weighted by Gasteiger charge is 2.22. The zero-order valence-corrected chi connectivity index (χ0v) is 17.3. The second kappa shape index (κ2) is 13.5. The SMILES string of the molecule is C=S(=O)(O)CCCNC(=O)OC(C)(C)CCCCCCCCCCC. The van der Waals surface area contributed by atoms with Crippen molar-refractivity contribution in [3.05, 3.63) is 0 Å². The summed E-state index contributed by atoms with van der Waals surface area (Å²) in [5.74, 6) is 3.24. The van der Waals surface area contributed by atoms with Crippen molar-refractivity contribution in [3.63, 3.8) is 0 Å². The molecule has 0 aliphatic heterocycles. The average molecular weight is 378 g/mol. The van der Waals surface area contributed by atoms with Gasteiger partial charge in [0, 0.05) is 12.3 Å². The van der Waals surface area contributed by atoms with Gasteiger partial charge in [-0.1, -0.05) is 58.3 Å². The predicted octanol–water partition coefficient (Wildman–Crippen LogP) is 4.99. The molecule has 0 spiro atoms. The molecule has 0 aromatic rings. The van der Waals surface area contributed by atoms with Crippen LogP contribution >= 0.6 is 0 Å². The number of nitrogens with one attached hydrogen (secondary N) is 1. The van der Waals surface area contributed by atoms with Crippen molar-refractivity contribution < 1.29 is 18.3 Å². The van der Waals surface area contributed by atoms with E-state index in [4.69, 9.17) is 9.29 Å². The molecule has 0 radical (unpaired) electrons. The Morgan fingerprint density at radius 2 is 1.56 bits per heavy atom.